The smallest absolute Gasteiger partial charge is 0.0741 e. The van der Waals surface area contributed by atoms with Gasteiger partial charge in [0.15, 0.2) is 0 Å². The van der Waals surface area contributed by atoms with Gasteiger partial charge >= 0.3 is 0 Å². The summed E-state index contributed by atoms with van der Waals surface area (Å²) in [5.41, 5.74) is 3.94. The summed E-state index contributed by atoms with van der Waals surface area (Å²) in [5, 5.41) is 3.56. The van der Waals surface area contributed by atoms with Gasteiger partial charge in [0.2, 0.25) is 0 Å². The number of rotatable bonds is 5. The Morgan fingerprint density at radius 3 is 2.56 bits per heavy atom. The maximum Gasteiger partial charge on any atom is 0.0741 e. The molecule has 0 fully saturated rings. The van der Waals surface area contributed by atoms with Gasteiger partial charge in [0, 0.05) is 18.8 Å². The van der Waals surface area contributed by atoms with Crippen molar-refractivity contribution in [3.05, 3.63) is 29.3 Å². The van der Waals surface area contributed by atoms with E-state index in [-0.39, 0.29) is 6.10 Å². The summed E-state index contributed by atoms with van der Waals surface area (Å²) in [6, 6.07) is 6.76. The molecule has 0 bridgehead atoms. The lowest BCUT2D eigenvalue weighted by Crippen LogP contribution is -2.30. The van der Waals surface area contributed by atoms with Crippen molar-refractivity contribution >= 4 is 5.69 Å². The molecule has 1 aromatic rings. The molecule has 16 heavy (non-hydrogen) atoms. The van der Waals surface area contributed by atoms with Crippen LogP contribution in [0.4, 0.5) is 5.69 Å². The number of methoxy groups -OCH3 is 1. The van der Waals surface area contributed by atoms with Gasteiger partial charge in [-0.2, -0.15) is 0 Å². The second-order valence-electron chi connectivity index (χ2n) is 4.34. The van der Waals surface area contributed by atoms with Crippen molar-refractivity contribution in [2.45, 2.75) is 46.3 Å². The quantitative estimate of drug-likeness (QED) is 0.823. The maximum atomic E-state index is 5.34. The Kier molecular flexibility index (Phi) is 4.81. The molecule has 0 saturated heterocycles. The van der Waals surface area contributed by atoms with Crippen LogP contribution in [-0.4, -0.2) is 19.3 Å². The van der Waals surface area contributed by atoms with Crippen LogP contribution in [0.3, 0.4) is 0 Å². The van der Waals surface area contributed by atoms with Crippen molar-refractivity contribution in [3.8, 4) is 0 Å². The highest BCUT2D eigenvalue weighted by atomic mass is 16.5. The fourth-order valence-corrected chi connectivity index (χ4v) is 1.78. The second kappa shape index (κ2) is 5.90. The zero-order chi connectivity index (χ0) is 12.1. The number of nitrogens with one attached hydrogen (secondary N) is 1. The van der Waals surface area contributed by atoms with Crippen LogP contribution in [0.2, 0.25) is 0 Å². The highest BCUT2D eigenvalue weighted by Gasteiger charge is 2.13. The Morgan fingerprint density at radius 2 is 2.00 bits per heavy atom. The molecule has 2 nitrogen and oxygen atoms in total. The van der Waals surface area contributed by atoms with Gasteiger partial charge in [0.25, 0.3) is 0 Å². The van der Waals surface area contributed by atoms with Crippen molar-refractivity contribution in [3.63, 3.8) is 0 Å². The molecule has 0 amide bonds. The molecular weight excluding hydrogens is 198 g/mol. The summed E-state index contributed by atoms with van der Waals surface area (Å²) < 4.78 is 5.34. The topological polar surface area (TPSA) is 21.3 Å². The summed E-state index contributed by atoms with van der Waals surface area (Å²) in [6.07, 6.45) is 1.27. The van der Waals surface area contributed by atoms with Gasteiger partial charge in [-0.05, 0) is 38.3 Å². The van der Waals surface area contributed by atoms with E-state index in [0.29, 0.717) is 6.04 Å². The first kappa shape index (κ1) is 13.0. The minimum atomic E-state index is 0.212. The SMILES string of the molecule is CCc1cccc(C)c1NC(C)C(C)OC. The molecule has 2 unspecified atom stereocenters. The van der Waals surface area contributed by atoms with Crippen molar-refractivity contribution < 1.29 is 4.74 Å². The van der Waals surface area contributed by atoms with Crippen LogP contribution in [0.1, 0.15) is 31.9 Å². The largest absolute Gasteiger partial charge is 0.380 e. The van der Waals surface area contributed by atoms with Gasteiger partial charge in [-0.3, -0.25) is 0 Å². The van der Waals surface area contributed by atoms with Crippen LogP contribution in [0.25, 0.3) is 0 Å². The first-order valence-electron chi connectivity index (χ1n) is 5.98. The maximum absolute atomic E-state index is 5.34. The number of benzene rings is 1. The molecule has 0 radical (unpaired) electrons. The number of anilines is 1. The van der Waals surface area contributed by atoms with Crippen LogP contribution < -0.4 is 5.32 Å². The number of para-hydroxylation sites is 1. The van der Waals surface area contributed by atoms with E-state index in [2.05, 4.69) is 51.2 Å². The molecule has 1 rings (SSSR count). The van der Waals surface area contributed by atoms with E-state index in [4.69, 9.17) is 4.74 Å². The molecule has 90 valence electrons. The standard InChI is InChI=1S/C14H23NO/c1-6-13-9-7-8-10(2)14(13)15-11(3)12(4)16-5/h7-9,11-12,15H,6H2,1-5H3. The van der Waals surface area contributed by atoms with Gasteiger partial charge in [0.05, 0.1) is 6.10 Å². The third kappa shape index (κ3) is 2.99. The Morgan fingerprint density at radius 1 is 1.31 bits per heavy atom. The zero-order valence-corrected chi connectivity index (χ0v) is 11.0. The Labute approximate surface area is 99.0 Å². The predicted molar refractivity (Wildman–Crippen MR) is 70.1 cm³/mol. The molecule has 0 aliphatic carbocycles. The highest BCUT2D eigenvalue weighted by molar-refractivity contribution is 5.57. The highest BCUT2D eigenvalue weighted by Crippen LogP contribution is 2.22. The van der Waals surface area contributed by atoms with Crippen molar-refractivity contribution in [1.29, 1.82) is 0 Å². The van der Waals surface area contributed by atoms with E-state index in [1.54, 1.807) is 7.11 Å². The Bertz CT molecular complexity index is 336. The predicted octanol–water partition coefficient (Wildman–Crippen LogP) is 3.39. The fourth-order valence-electron chi connectivity index (χ4n) is 1.78. The first-order chi connectivity index (χ1) is 7.60. The summed E-state index contributed by atoms with van der Waals surface area (Å²) in [4.78, 5) is 0. The molecule has 0 saturated carbocycles. The fraction of sp³-hybridized carbons (Fsp3) is 0.571. The van der Waals surface area contributed by atoms with Crippen LogP contribution >= 0.6 is 0 Å². The molecule has 0 spiro atoms. The summed E-state index contributed by atoms with van der Waals surface area (Å²) in [6.45, 7) is 8.57. The summed E-state index contributed by atoms with van der Waals surface area (Å²) >= 11 is 0. The molecule has 1 aromatic carbocycles. The molecule has 0 aromatic heterocycles. The van der Waals surface area contributed by atoms with E-state index in [0.717, 1.165) is 6.42 Å². The number of hydrogen-bond donors (Lipinski definition) is 1. The minimum Gasteiger partial charge on any atom is -0.380 e. The number of aryl methyl sites for hydroxylation is 2. The Balaban J connectivity index is 2.87. The number of ether oxygens (including phenoxy) is 1. The van der Waals surface area contributed by atoms with E-state index in [1.807, 2.05) is 0 Å². The summed E-state index contributed by atoms with van der Waals surface area (Å²) in [7, 11) is 1.75. The van der Waals surface area contributed by atoms with E-state index >= 15 is 0 Å². The third-order valence-electron chi connectivity index (χ3n) is 3.19. The zero-order valence-electron chi connectivity index (χ0n) is 11.0. The average molecular weight is 221 g/mol. The summed E-state index contributed by atoms with van der Waals surface area (Å²) in [5.74, 6) is 0. The van der Waals surface area contributed by atoms with Gasteiger partial charge in [-0.25, -0.2) is 0 Å². The van der Waals surface area contributed by atoms with Crippen molar-refractivity contribution in [1.82, 2.24) is 0 Å². The monoisotopic (exact) mass is 221 g/mol. The van der Waals surface area contributed by atoms with Gasteiger partial charge < -0.3 is 10.1 Å². The van der Waals surface area contributed by atoms with Crippen molar-refractivity contribution in [2.24, 2.45) is 0 Å². The van der Waals surface area contributed by atoms with Crippen LogP contribution in [0, 0.1) is 6.92 Å². The lowest BCUT2D eigenvalue weighted by molar-refractivity contribution is 0.106. The van der Waals surface area contributed by atoms with E-state index < -0.39 is 0 Å². The van der Waals surface area contributed by atoms with Crippen LogP contribution in [0.15, 0.2) is 18.2 Å². The van der Waals surface area contributed by atoms with Gasteiger partial charge in [-0.1, -0.05) is 25.1 Å². The number of hydrogen-bond acceptors (Lipinski definition) is 2. The van der Waals surface area contributed by atoms with Crippen molar-refractivity contribution in [2.75, 3.05) is 12.4 Å². The third-order valence-corrected chi connectivity index (χ3v) is 3.19. The molecule has 0 heterocycles. The molecule has 0 aliphatic heterocycles. The van der Waals surface area contributed by atoms with Gasteiger partial charge in [0.1, 0.15) is 0 Å². The minimum absolute atomic E-state index is 0.212. The van der Waals surface area contributed by atoms with Crippen LogP contribution in [0.5, 0.6) is 0 Å². The molecular formula is C14H23NO. The second-order valence-corrected chi connectivity index (χ2v) is 4.34. The lowest BCUT2D eigenvalue weighted by Gasteiger charge is -2.24. The molecule has 1 N–H and O–H groups in total. The first-order valence-corrected chi connectivity index (χ1v) is 5.98. The normalized spacial score (nSPS) is 14.6. The molecule has 0 aliphatic rings. The lowest BCUT2D eigenvalue weighted by atomic mass is 10.0. The van der Waals surface area contributed by atoms with Crippen LogP contribution in [-0.2, 0) is 11.2 Å². The van der Waals surface area contributed by atoms with E-state index in [9.17, 15) is 0 Å². The molecule has 2 atom stereocenters. The Hall–Kier alpha value is -1.02. The van der Waals surface area contributed by atoms with Gasteiger partial charge in [-0.15, -0.1) is 0 Å². The molecule has 2 heteroatoms. The van der Waals surface area contributed by atoms with E-state index in [1.165, 1.54) is 16.8 Å². The average Bonchev–Trinajstić information content (AvgIpc) is 2.30.